The first-order valence-corrected chi connectivity index (χ1v) is 6.03. The molecule has 5 nitrogen and oxygen atoms in total. The average molecular weight is 234 g/mol. The van der Waals surface area contributed by atoms with Crippen LogP contribution >= 0.6 is 0 Å². The molecule has 0 atom stereocenters. The monoisotopic (exact) mass is 234 g/mol. The highest BCUT2D eigenvalue weighted by Crippen LogP contribution is 2.18. The minimum Gasteiger partial charge on any atom is -0.396 e. The van der Waals surface area contributed by atoms with Gasteiger partial charge in [0.15, 0.2) is 0 Å². The first-order valence-electron chi connectivity index (χ1n) is 6.03. The van der Waals surface area contributed by atoms with Crippen molar-refractivity contribution in [2.45, 2.75) is 38.1 Å². The maximum absolute atomic E-state index is 11.7. The van der Waals surface area contributed by atoms with E-state index in [0.29, 0.717) is 17.4 Å². The van der Waals surface area contributed by atoms with Gasteiger partial charge < -0.3 is 16.4 Å². The largest absolute Gasteiger partial charge is 0.396 e. The number of nitrogens with two attached hydrogens (primary N) is 1. The van der Waals surface area contributed by atoms with Gasteiger partial charge in [-0.1, -0.05) is 19.3 Å². The number of nitrogens with zero attached hydrogens (tertiary/aromatic N) is 1. The van der Waals surface area contributed by atoms with E-state index in [0.717, 1.165) is 12.8 Å². The first-order chi connectivity index (χ1) is 8.25. The molecule has 4 N–H and O–H groups in total. The molecule has 1 fully saturated rings. The van der Waals surface area contributed by atoms with Crippen LogP contribution in [-0.2, 0) is 0 Å². The van der Waals surface area contributed by atoms with Crippen molar-refractivity contribution < 1.29 is 4.79 Å². The molecule has 1 aliphatic carbocycles. The van der Waals surface area contributed by atoms with Crippen molar-refractivity contribution in [1.29, 1.82) is 0 Å². The van der Waals surface area contributed by atoms with E-state index >= 15 is 0 Å². The fraction of sp³-hybridized carbons (Fsp3) is 0.500. The number of rotatable bonds is 2. The summed E-state index contributed by atoms with van der Waals surface area (Å²) in [6.07, 6.45) is 8.93. The maximum atomic E-state index is 11.7. The molecule has 1 aliphatic rings. The van der Waals surface area contributed by atoms with E-state index < -0.39 is 0 Å². The highest BCUT2D eigenvalue weighted by atomic mass is 16.2. The third kappa shape index (κ3) is 3.34. The van der Waals surface area contributed by atoms with Gasteiger partial charge in [-0.05, 0) is 18.9 Å². The molecule has 1 heterocycles. The number of nitrogen functional groups attached to an aromatic ring is 1. The number of hydrogen-bond acceptors (Lipinski definition) is 3. The Balaban J connectivity index is 1.86. The van der Waals surface area contributed by atoms with Gasteiger partial charge >= 0.3 is 6.03 Å². The van der Waals surface area contributed by atoms with E-state index in [1.54, 1.807) is 12.3 Å². The van der Waals surface area contributed by atoms with Crippen LogP contribution in [0.1, 0.15) is 32.1 Å². The maximum Gasteiger partial charge on any atom is 0.319 e. The van der Waals surface area contributed by atoms with Crippen molar-refractivity contribution >= 4 is 17.4 Å². The number of pyridine rings is 1. The second-order valence-electron chi connectivity index (χ2n) is 4.40. The Bertz CT molecular complexity index is 388. The first kappa shape index (κ1) is 11.7. The normalized spacial score (nSPS) is 16.5. The molecule has 0 saturated heterocycles. The standard InChI is InChI=1S/C12H18N4O/c13-10-8-14-7-6-11(10)16-12(17)15-9-4-2-1-3-5-9/h6-9H,1-5,13H2,(H2,14,15,16,17). The molecule has 0 aliphatic heterocycles. The van der Waals surface area contributed by atoms with Gasteiger partial charge in [0.2, 0.25) is 0 Å². The molecule has 1 aromatic rings. The van der Waals surface area contributed by atoms with Crippen LogP contribution in [0.25, 0.3) is 0 Å². The topological polar surface area (TPSA) is 80.0 Å². The number of nitrogens with one attached hydrogen (secondary N) is 2. The third-order valence-corrected chi connectivity index (χ3v) is 3.04. The van der Waals surface area contributed by atoms with E-state index in [1.807, 2.05) is 0 Å². The number of hydrogen-bond donors (Lipinski definition) is 3. The zero-order valence-corrected chi connectivity index (χ0v) is 9.78. The van der Waals surface area contributed by atoms with Crippen molar-refractivity contribution in [2.24, 2.45) is 0 Å². The Morgan fingerprint density at radius 2 is 2.12 bits per heavy atom. The third-order valence-electron chi connectivity index (χ3n) is 3.04. The van der Waals surface area contributed by atoms with Crippen LogP contribution in [0.2, 0.25) is 0 Å². The Morgan fingerprint density at radius 3 is 2.82 bits per heavy atom. The molecule has 0 radical (unpaired) electrons. The molecule has 2 rings (SSSR count). The lowest BCUT2D eigenvalue weighted by molar-refractivity contribution is 0.244. The molecule has 92 valence electrons. The van der Waals surface area contributed by atoms with Crippen LogP contribution in [0.5, 0.6) is 0 Å². The number of urea groups is 1. The molecule has 1 saturated carbocycles. The summed E-state index contributed by atoms with van der Waals surface area (Å²) in [6, 6.07) is 1.80. The summed E-state index contributed by atoms with van der Waals surface area (Å²) in [6.45, 7) is 0. The smallest absolute Gasteiger partial charge is 0.319 e. The zero-order chi connectivity index (χ0) is 12.1. The number of amides is 2. The van der Waals surface area contributed by atoms with Crippen LogP contribution in [0, 0.1) is 0 Å². The molecule has 5 heteroatoms. The summed E-state index contributed by atoms with van der Waals surface area (Å²) in [4.78, 5) is 15.6. The van der Waals surface area contributed by atoms with Gasteiger partial charge in [0, 0.05) is 12.2 Å². The van der Waals surface area contributed by atoms with Gasteiger partial charge in [0.1, 0.15) is 0 Å². The number of carbonyl (C=O) groups excluding carboxylic acids is 1. The number of carbonyl (C=O) groups is 1. The highest BCUT2D eigenvalue weighted by Gasteiger charge is 2.15. The van der Waals surface area contributed by atoms with Crippen molar-refractivity contribution in [3.63, 3.8) is 0 Å². The molecule has 0 bridgehead atoms. The van der Waals surface area contributed by atoms with Crippen molar-refractivity contribution in [2.75, 3.05) is 11.1 Å². The second-order valence-corrected chi connectivity index (χ2v) is 4.40. The van der Waals surface area contributed by atoms with E-state index in [4.69, 9.17) is 5.73 Å². The van der Waals surface area contributed by atoms with E-state index in [-0.39, 0.29) is 6.03 Å². The Labute approximate surface area is 101 Å². The zero-order valence-electron chi connectivity index (χ0n) is 9.78. The van der Waals surface area contributed by atoms with Gasteiger partial charge in [0.25, 0.3) is 0 Å². The van der Waals surface area contributed by atoms with Crippen molar-refractivity contribution in [3.05, 3.63) is 18.5 Å². The summed E-state index contributed by atoms with van der Waals surface area (Å²) >= 11 is 0. The van der Waals surface area contributed by atoms with Gasteiger partial charge in [-0.25, -0.2) is 4.79 Å². The van der Waals surface area contributed by atoms with Crippen molar-refractivity contribution in [3.8, 4) is 0 Å². The fourth-order valence-corrected chi connectivity index (χ4v) is 2.11. The SMILES string of the molecule is Nc1cnccc1NC(=O)NC1CCCCC1. The number of anilines is 2. The lowest BCUT2D eigenvalue weighted by Gasteiger charge is -2.23. The summed E-state index contributed by atoms with van der Waals surface area (Å²) < 4.78 is 0. The summed E-state index contributed by atoms with van der Waals surface area (Å²) in [5.74, 6) is 0. The van der Waals surface area contributed by atoms with Crippen LogP contribution in [0.4, 0.5) is 16.2 Å². The Hall–Kier alpha value is -1.78. The predicted octanol–water partition coefficient (Wildman–Crippen LogP) is 2.12. The highest BCUT2D eigenvalue weighted by molar-refractivity contribution is 5.92. The Kier molecular flexibility index (Phi) is 3.80. The predicted molar refractivity (Wildman–Crippen MR) is 67.7 cm³/mol. The lowest BCUT2D eigenvalue weighted by atomic mass is 9.96. The van der Waals surface area contributed by atoms with E-state index in [2.05, 4.69) is 15.6 Å². The van der Waals surface area contributed by atoms with E-state index in [9.17, 15) is 4.79 Å². The van der Waals surface area contributed by atoms with Gasteiger partial charge in [-0.3, -0.25) is 4.98 Å². The van der Waals surface area contributed by atoms with Gasteiger partial charge in [-0.15, -0.1) is 0 Å². The summed E-state index contributed by atoms with van der Waals surface area (Å²) in [5.41, 5.74) is 6.78. The molecular formula is C12H18N4O. The van der Waals surface area contributed by atoms with Crippen LogP contribution in [0.15, 0.2) is 18.5 Å². The second kappa shape index (κ2) is 5.52. The van der Waals surface area contributed by atoms with Crippen LogP contribution < -0.4 is 16.4 Å². The van der Waals surface area contributed by atoms with Crippen molar-refractivity contribution in [1.82, 2.24) is 10.3 Å². The van der Waals surface area contributed by atoms with Crippen LogP contribution in [-0.4, -0.2) is 17.1 Å². The fourth-order valence-electron chi connectivity index (χ4n) is 2.11. The van der Waals surface area contributed by atoms with Gasteiger partial charge in [-0.2, -0.15) is 0 Å². The molecular weight excluding hydrogens is 216 g/mol. The molecule has 0 unspecified atom stereocenters. The minimum atomic E-state index is -0.185. The van der Waals surface area contributed by atoms with E-state index in [1.165, 1.54) is 25.5 Å². The summed E-state index contributed by atoms with van der Waals surface area (Å²) in [5, 5.41) is 5.71. The molecule has 0 aromatic carbocycles. The number of aromatic nitrogens is 1. The molecule has 17 heavy (non-hydrogen) atoms. The van der Waals surface area contributed by atoms with Gasteiger partial charge in [0.05, 0.1) is 17.6 Å². The average Bonchev–Trinajstić information content (AvgIpc) is 2.33. The lowest BCUT2D eigenvalue weighted by Crippen LogP contribution is -2.39. The minimum absolute atomic E-state index is 0.185. The molecule has 1 aromatic heterocycles. The quantitative estimate of drug-likeness (QED) is 0.733. The van der Waals surface area contributed by atoms with Crippen LogP contribution in [0.3, 0.4) is 0 Å². The molecule has 0 spiro atoms. The summed E-state index contributed by atoms with van der Waals surface area (Å²) in [7, 11) is 0. The Morgan fingerprint density at radius 1 is 1.35 bits per heavy atom. The molecule has 2 amide bonds.